The number of benzene rings is 1. The number of hydrogen-bond acceptors (Lipinski definition) is 4. The fraction of sp³-hybridized carbons (Fsp3) is 0.333. The molecule has 0 bridgehead atoms. The highest BCUT2D eigenvalue weighted by Gasteiger charge is 2.35. The second kappa shape index (κ2) is 5.85. The van der Waals surface area contributed by atoms with Gasteiger partial charge in [-0.3, -0.25) is 0 Å². The van der Waals surface area contributed by atoms with Crippen molar-refractivity contribution >= 4 is 20.0 Å². The quantitative estimate of drug-likeness (QED) is 0.493. The summed E-state index contributed by atoms with van der Waals surface area (Å²) >= 11 is 0. The van der Waals surface area contributed by atoms with E-state index in [1.165, 1.54) is 6.92 Å². The van der Waals surface area contributed by atoms with Crippen molar-refractivity contribution in [2.45, 2.75) is 18.2 Å². The third-order valence-electron chi connectivity index (χ3n) is 2.15. The maximum absolute atomic E-state index is 13.3. The highest BCUT2D eigenvalue weighted by Crippen LogP contribution is 2.26. The van der Waals surface area contributed by atoms with Gasteiger partial charge >= 0.3 is 0 Å². The second-order valence-electron chi connectivity index (χ2n) is 3.80. The van der Waals surface area contributed by atoms with Crippen molar-refractivity contribution in [3.63, 3.8) is 0 Å². The first-order valence-corrected chi connectivity index (χ1v) is 8.36. The molecule has 0 aliphatic carbocycles. The molecule has 120 valence electrons. The van der Waals surface area contributed by atoms with Crippen LogP contribution in [-0.2, 0) is 20.0 Å². The molecule has 0 atom stereocenters. The van der Waals surface area contributed by atoms with E-state index >= 15 is 0 Å². The fourth-order valence-electron chi connectivity index (χ4n) is 1.34. The molecule has 1 aromatic rings. The van der Waals surface area contributed by atoms with Crippen LogP contribution >= 0.6 is 0 Å². The van der Waals surface area contributed by atoms with Gasteiger partial charge in [0.25, 0.3) is 10.0 Å². The summed E-state index contributed by atoms with van der Waals surface area (Å²) in [6.45, 7) is 1.37. The van der Waals surface area contributed by atoms with Crippen LogP contribution in [0.15, 0.2) is 4.90 Å². The topological polar surface area (TPSA) is 80.3 Å². The molecule has 0 saturated heterocycles. The highest BCUT2D eigenvalue weighted by atomic mass is 32.3. The zero-order chi connectivity index (χ0) is 16.6. The van der Waals surface area contributed by atoms with Crippen LogP contribution in [0.3, 0.4) is 0 Å². The van der Waals surface area contributed by atoms with E-state index in [1.54, 1.807) is 0 Å². The van der Waals surface area contributed by atoms with Crippen molar-refractivity contribution in [1.29, 1.82) is 0 Å². The van der Waals surface area contributed by atoms with Crippen LogP contribution in [0.4, 0.5) is 22.0 Å². The largest absolute Gasteiger partial charge is 0.259 e. The molecule has 1 N–H and O–H groups in total. The summed E-state index contributed by atoms with van der Waals surface area (Å²) in [4.78, 5) is -2.25. The summed E-state index contributed by atoms with van der Waals surface area (Å²) in [5, 5.41) is 0. The van der Waals surface area contributed by atoms with Gasteiger partial charge in [0.1, 0.15) is 0 Å². The van der Waals surface area contributed by atoms with E-state index in [4.69, 9.17) is 0 Å². The number of rotatable bonds is 5. The van der Waals surface area contributed by atoms with Crippen LogP contribution in [0.25, 0.3) is 0 Å². The van der Waals surface area contributed by atoms with Gasteiger partial charge in [-0.25, -0.2) is 38.8 Å². The molecule has 5 nitrogen and oxygen atoms in total. The predicted octanol–water partition coefficient (Wildman–Crippen LogP) is 1.40. The van der Waals surface area contributed by atoms with Crippen LogP contribution in [0, 0.1) is 29.1 Å². The molecule has 0 fully saturated rings. The lowest BCUT2D eigenvalue weighted by Gasteiger charge is -2.10. The highest BCUT2D eigenvalue weighted by molar-refractivity contribution is 8.04. The maximum Gasteiger partial charge on any atom is 0.259 e. The maximum atomic E-state index is 13.3. The van der Waals surface area contributed by atoms with E-state index in [0.29, 0.717) is 0 Å². The summed E-state index contributed by atoms with van der Waals surface area (Å²) in [6.07, 6.45) is -0.0397. The summed E-state index contributed by atoms with van der Waals surface area (Å²) in [7, 11) is -10.0. The Morgan fingerprint density at radius 3 is 1.57 bits per heavy atom. The lowest BCUT2D eigenvalue weighted by atomic mass is 10.3. The Kier molecular flexibility index (Phi) is 4.95. The SMILES string of the molecule is CCCS(=O)(=O)NS(=O)(=O)c1c(F)c(F)c(F)c(F)c1F. The van der Waals surface area contributed by atoms with Crippen molar-refractivity contribution in [3.05, 3.63) is 29.1 Å². The fourth-order valence-corrected chi connectivity index (χ4v) is 4.53. The summed E-state index contributed by atoms with van der Waals surface area (Å²) in [5.41, 5.74) is 0. The average Bonchev–Trinajstić information content (AvgIpc) is 2.32. The van der Waals surface area contributed by atoms with E-state index in [0.717, 1.165) is 4.13 Å². The van der Waals surface area contributed by atoms with Crippen LogP contribution in [0.2, 0.25) is 0 Å². The van der Waals surface area contributed by atoms with Gasteiger partial charge in [-0.15, -0.1) is 4.13 Å². The van der Waals surface area contributed by atoms with E-state index in [1.807, 2.05) is 0 Å². The van der Waals surface area contributed by atoms with Crippen LogP contribution < -0.4 is 4.13 Å². The number of hydrogen-bond donors (Lipinski definition) is 1. The molecule has 0 radical (unpaired) electrons. The monoisotopic (exact) mass is 353 g/mol. The van der Waals surface area contributed by atoms with Crippen LogP contribution in [-0.4, -0.2) is 22.6 Å². The number of halogens is 5. The van der Waals surface area contributed by atoms with Crippen molar-refractivity contribution < 1.29 is 38.8 Å². The molecule has 0 heterocycles. The van der Waals surface area contributed by atoms with Crippen LogP contribution in [0.5, 0.6) is 0 Å². The Morgan fingerprint density at radius 1 is 0.810 bits per heavy atom. The third-order valence-corrected chi connectivity index (χ3v) is 5.88. The summed E-state index contributed by atoms with van der Waals surface area (Å²) < 4.78 is 112. The van der Waals surface area contributed by atoms with Gasteiger partial charge in [-0.1, -0.05) is 6.92 Å². The van der Waals surface area contributed by atoms with E-state index in [-0.39, 0.29) is 6.42 Å². The van der Waals surface area contributed by atoms with Gasteiger partial charge in [-0.05, 0) is 6.42 Å². The molecule has 0 aliphatic rings. The lowest BCUT2D eigenvalue weighted by Crippen LogP contribution is -2.34. The van der Waals surface area contributed by atoms with Crippen molar-refractivity contribution in [1.82, 2.24) is 4.13 Å². The Hall–Kier alpha value is -1.27. The van der Waals surface area contributed by atoms with Gasteiger partial charge in [0, 0.05) is 0 Å². The minimum absolute atomic E-state index is 0.0397. The molecule has 21 heavy (non-hydrogen) atoms. The Morgan fingerprint density at radius 2 is 1.19 bits per heavy atom. The molecule has 0 aromatic heterocycles. The van der Waals surface area contributed by atoms with Crippen molar-refractivity contribution in [3.8, 4) is 0 Å². The molecular weight excluding hydrogens is 345 g/mol. The molecule has 0 unspecified atom stereocenters. The first-order valence-electron chi connectivity index (χ1n) is 5.22. The van der Waals surface area contributed by atoms with Gasteiger partial charge in [0.05, 0.1) is 5.75 Å². The normalized spacial score (nSPS) is 12.7. The summed E-state index contributed by atoms with van der Waals surface area (Å²) in [5.74, 6) is -13.6. The predicted molar refractivity (Wildman–Crippen MR) is 60.6 cm³/mol. The number of nitrogens with one attached hydrogen (secondary N) is 1. The van der Waals surface area contributed by atoms with Crippen molar-refractivity contribution in [2.75, 3.05) is 5.75 Å². The smallest absolute Gasteiger partial charge is 0.211 e. The Balaban J connectivity index is 3.54. The average molecular weight is 353 g/mol. The molecule has 1 rings (SSSR count). The molecule has 0 aliphatic heterocycles. The Bertz CT molecular complexity index is 747. The van der Waals surface area contributed by atoms with Crippen molar-refractivity contribution in [2.24, 2.45) is 0 Å². The zero-order valence-electron chi connectivity index (χ0n) is 10.3. The zero-order valence-corrected chi connectivity index (χ0v) is 11.9. The first kappa shape index (κ1) is 17.8. The van der Waals surface area contributed by atoms with E-state index < -0.39 is 59.8 Å². The van der Waals surface area contributed by atoms with Gasteiger partial charge in [-0.2, -0.15) is 0 Å². The minimum Gasteiger partial charge on any atom is -0.211 e. The number of sulfonamides is 2. The van der Waals surface area contributed by atoms with Crippen LogP contribution in [0.1, 0.15) is 13.3 Å². The van der Waals surface area contributed by atoms with Gasteiger partial charge in [0.2, 0.25) is 15.8 Å². The molecule has 0 saturated carbocycles. The minimum atomic E-state index is -5.50. The lowest BCUT2D eigenvalue weighted by molar-refractivity contribution is 0.357. The molecular formula is C9H8F5NO4S2. The third kappa shape index (κ3) is 3.49. The Labute approximate surface area is 116 Å². The van der Waals surface area contributed by atoms with E-state index in [2.05, 4.69) is 0 Å². The second-order valence-corrected chi connectivity index (χ2v) is 7.52. The molecule has 0 spiro atoms. The van der Waals surface area contributed by atoms with Gasteiger partial charge in [0.15, 0.2) is 28.2 Å². The molecule has 12 heteroatoms. The first-order chi connectivity index (χ1) is 9.44. The van der Waals surface area contributed by atoms with Gasteiger partial charge < -0.3 is 0 Å². The molecule has 1 aromatic carbocycles. The van der Waals surface area contributed by atoms with E-state index in [9.17, 15) is 38.8 Å². The molecule has 0 amide bonds. The standard InChI is InChI=1S/C9H8F5NO4S2/c1-2-3-20(16,17)15-21(18,19)9-7(13)5(11)4(10)6(12)8(9)14/h15H,2-3H2,1H3. The summed E-state index contributed by atoms with van der Waals surface area (Å²) in [6, 6.07) is 0.